The quantitative estimate of drug-likeness (QED) is 0.208. The maximum Gasteiger partial charge on any atom is 0.414 e. The van der Waals surface area contributed by atoms with Gasteiger partial charge in [-0.1, -0.05) is 72.8 Å². The third kappa shape index (κ3) is 7.63. The third-order valence-electron chi connectivity index (χ3n) is 6.40. The van der Waals surface area contributed by atoms with Gasteiger partial charge in [-0.25, -0.2) is 19.2 Å². The van der Waals surface area contributed by atoms with Gasteiger partial charge in [0.2, 0.25) is 12.4 Å². The normalized spacial score (nSPS) is 19.1. The van der Waals surface area contributed by atoms with Gasteiger partial charge < -0.3 is 23.7 Å². The molecule has 10 nitrogen and oxygen atoms in total. The number of ether oxygens (including phenoxy) is 5. The Bertz CT molecular complexity index is 1530. The average Bonchev–Trinajstić information content (AvgIpc) is 3.35. The van der Waals surface area contributed by atoms with Gasteiger partial charge in [-0.2, -0.15) is 0 Å². The minimum absolute atomic E-state index is 0.210. The molecule has 5 rings (SSSR count). The highest BCUT2D eigenvalue weighted by atomic mass is 16.8. The average molecular weight is 582 g/mol. The minimum Gasteiger partial charge on any atom is -0.459 e. The van der Waals surface area contributed by atoms with Gasteiger partial charge in [0.25, 0.3) is 0 Å². The summed E-state index contributed by atoms with van der Waals surface area (Å²) in [6.45, 7) is -0.403. The van der Waals surface area contributed by atoms with E-state index in [-0.39, 0.29) is 11.1 Å². The Hall–Kier alpha value is -5.48. The molecule has 0 saturated carbocycles. The van der Waals surface area contributed by atoms with Gasteiger partial charge in [-0.05, 0) is 48.5 Å². The van der Waals surface area contributed by atoms with Crippen LogP contribution in [-0.2, 0) is 23.7 Å². The standard InChI is InChI=1S/C33H27NO9/c35-29(22-13-5-1-6-14-22)39-21-26-27(41-30(36)23-15-7-2-8-16-23)28(42-31(37)24-17-9-3-10-18-24)32(40-26)43-33(38)34-25-19-11-4-12-20-25/h1-20,26-28,32H,21H2,(H,34,38)/t26-,27-,28+,32+/m1/s1. The number of benzene rings is 4. The number of rotatable bonds is 9. The molecule has 1 fully saturated rings. The lowest BCUT2D eigenvalue weighted by Gasteiger charge is -2.24. The number of amides is 1. The zero-order valence-electron chi connectivity index (χ0n) is 22.7. The Balaban J connectivity index is 1.41. The van der Waals surface area contributed by atoms with Crippen LogP contribution >= 0.6 is 0 Å². The monoisotopic (exact) mass is 581 g/mol. The van der Waals surface area contributed by atoms with Gasteiger partial charge >= 0.3 is 24.0 Å². The van der Waals surface area contributed by atoms with E-state index in [1.165, 1.54) is 0 Å². The summed E-state index contributed by atoms with van der Waals surface area (Å²) in [6, 6.07) is 33.1. The summed E-state index contributed by atoms with van der Waals surface area (Å²) in [6.07, 6.45) is -6.33. The molecule has 0 spiro atoms. The van der Waals surface area contributed by atoms with E-state index in [2.05, 4.69) is 5.32 Å². The summed E-state index contributed by atoms with van der Waals surface area (Å²) >= 11 is 0. The van der Waals surface area contributed by atoms with Gasteiger partial charge in [0.1, 0.15) is 12.7 Å². The largest absolute Gasteiger partial charge is 0.459 e. The van der Waals surface area contributed by atoms with Crippen molar-refractivity contribution in [2.75, 3.05) is 11.9 Å². The summed E-state index contributed by atoms with van der Waals surface area (Å²) in [4.78, 5) is 51.8. The van der Waals surface area contributed by atoms with E-state index in [1.807, 2.05) is 0 Å². The Labute approximate surface area is 247 Å². The van der Waals surface area contributed by atoms with Crippen molar-refractivity contribution in [2.24, 2.45) is 0 Å². The molecule has 0 aliphatic carbocycles. The number of anilines is 1. The molecular formula is C33H27NO9. The zero-order chi connectivity index (χ0) is 30.0. The van der Waals surface area contributed by atoms with Crippen LogP contribution in [0.4, 0.5) is 10.5 Å². The van der Waals surface area contributed by atoms with E-state index in [0.717, 1.165) is 0 Å². The van der Waals surface area contributed by atoms with Crippen molar-refractivity contribution in [1.82, 2.24) is 0 Å². The summed E-state index contributed by atoms with van der Waals surface area (Å²) < 4.78 is 28.5. The molecule has 4 aromatic carbocycles. The molecule has 4 aromatic rings. The first-order valence-electron chi connectivity index (χ1n) is 13.4. The van der Waals surface area contributed by atoms with Crippen LogP contribution < -0.4 is 5.32 Å². The van der Waals surface area contributed by atoms with Crippen LogP contribution in [0.25, 0.3) is 0 Å². The maximum atomic E-state index is 13.1. The Morgan fingerprint density at radius 3 is 1.51 bits per heavy atom. The van der Waals surface area contributed by atoms with Gasteiger partial charge in [0.05, 0.1) is 16.7 Å². The molecular weight excluding hydrogens is 554 g/mol. The minimum atomic E-state index is -1.52. The van der Waals surface area contributed by atoms with Crippen LogP contribution in [0.2, 0.25) is 0 Å². The van der Waals surface area contributed by atoms with Crippen molar-refractivity contribution < 1.29 is 42.9 Å². The number of nitrogens with one attached hydrogen (secondary N) is 1. The first-order valence-corrected chi connectivity index (χ1v) is 13.4. The molecule has 1 N–H and O–H groups in total. The highest BCUT2D eigenvalue weighted by Gasteiger charge is 2.52. The molecule has 1 saturated heterocycles. The fourth-order valence-electron chi connectivity index (χ4n) is 4.31. The summed E-state index contributed by atoms with van der Waals surface area (Å²) in [5, 5.41) is 2.57. The molecule has 1 amide bonds. The molecule has 0 aromatic heterocycles. The molecule has 1 heterocycles. The Morgan fingerprint density at radius 1 is 0.558 bits per heavy atom. The molecule has 0 bridgehead atoms. The van der Waals surface area contributed by atoms with Crippen LogP contribution in [0.1, 0.15) is 31.1 Å². The summed E-state index contributed by atoms with van der Waals surface area (Å²) in [5.41, 5.74) is 1.17. The number of carbonyl (C=O) groups excluding carboxylic acids is 4. The van der Waals surface area contributed by atoms with Crippen LogP contribution in [0, 0.1) is 0 Å². The van der Waals surface area contributed by atoms with Crippen molar-refractivity contribution in [3.63, 3.8) is 0 Å². The predicted octanol–water partition coefficient (Wildman–Crippen LogP) is 5.27. The van der Waals surface area contributed by atoms with E-state index in [9.17, 15) is 19.2 Å². The predicted molar refractivity (Wildman–Crippen MR) is 153 cm³/mol. The van der Waals surface area contributed by atoms with E-state index in [0.29, 0.717) is 11.3 Å². The van der Waals surface area contributed by atoms with E-state index >= 15 is 0 Å². The molecule has 0 unspecified atom stereocenters. The van der Waals surface area contributed by atoms with Crippen LogP contribution in [0.5, 0.6) is 0 Å². The SMILES string of the molecule is O=C(Nc1ccccc1)O[C@@H]1O[C@H](COC(=O)c2ccccc2)[C@@H](OC(=O)c2ccccc2)[C@@H]1OC(=O)c1ccccc1. The van der Waals surface area contributed by atoms with Crippen LogP contribution in [0.3, 0.4) is 0 Å². The van der Waals surface area contributed by atoms with Crippen LogP contribution in [-0.4, -0.2) is 55.2 Å². The van der Waals surface area contributed by atoms with E-state index in [1.54, 1.807) is 121 Å². The molecule has 43 heavy (non-hydrogen) atoms. The molecule has 1 aliphatic rings. The molecule has 0 radical (unpaired) electrons. The number of para-hydroxylation sites is 1. The Kier molecular flexibility index (Phi) is 9.40. The highest BCUT2D eigenvalue weighted by molar-refractivity contribution is 5.91. The summed E-state index contributed by atoms with van der Waals surface area (Å²) in [5.74, 6) is -2.17. The second-order valence-electron chi connectivity index (χ2n) is 9.38. The Morgan fingerprint density at radius 2 is 1.00 bits per heavy atom. The first-order chi connectivity index (χ1) is 21.0. The smallest absolute Gasteiger partial charge is 0.414 e. The number of hydrogen-bond donors (Lipinski definition) is 1. The van der Waals surface area contributed by atoms with Gasteiger partial charge in [0, 0.05) is 5.69 Å². The van der Waals surface area contributed by atoms with Crippen molar-refractivity contribution in [3.8, 4) is 0 Å². The maximum absolute atomic E-state index is 13.1. The lowest BCUT2D eigenvalue weighted by Crippen LogP contribution is -2.43. The van der Waals surface area contributed by atoms with Crippen molar-refractivity contribution in [1.29, 1.82) is 0 Å². The lowest BCUT2D eigenvalue weighted by atomic mass is 10.1. The lowest BCUT2D eigenvalue weighted by molar-refractivity contribution is -0.135. The molecule has 218 valence electrons. The topological polar surface area (TPSA) is 126 Å². The van der Waals surface area contributed by atoms with Crippen LogP contribution in [0.15, 0.2) is 121 Å². The van der Waals surface area contributed by atoms with Gasteiger partial charge in [-0.15, -0.1) is 0 Å². The van der Waals surface area contributed by atoms with Crippen molar-refractivity contribution in [3.05, 3.63) is 138 Å². The zero-order valence-corrected chi connectivity index (χ0v) is 22.7. The van der Waals surface area contributed by atoms with Gasteiger partial charge in [-0.3, -0.25) is 5.32 Å². The van der Waals surface area contributed by atoms with Crippen molar-refractivity contribution >= 4 is 29.7 Å². The van der Waals surface area contributed by atoms with E-state index in [4.69, 9.17) is 23.7 Å². The summed E-state index contributed by atoms with van der Waals surface area (Å²) in [7, 11) is 0. The number of esters is 3. The molecule has 1 aliphatic heterocycles. The molecule has 10 heteroatoms. The first kappa shape index (κ1) is 29.0. The second kappa shape index (κ2) is 13.9. The highest BCUT2D eigenvalue weighted by Crippen LogP contribution is 2.30. The van der Waals surface area contributed by atoms with E-state index < -0.39 is 55.2 Å². The number of hydrogen-bond acceptors (Lipinski definition) is 9. The third-order valence-corrected chi connectivity index (χ3v) is 6.40. The molecule has 4 atom stereocenters. The van der Waals surface area contributed by atoms with Gasteiger partial charge in [0.15, 0.2) is 6.10 Å². The second-order valence-corrected chi connectivity index (χ2v) is 9.38. The fraction of sp³-hybridized carbons (Fsp3) is 0.152. The fourth-order valence-corrected chi connectivity index (χ4v) is 4.31. The number of carbonyl (C=O) groups is 4. The van der Waals surface area contributed by atoms with Crippen molar-refractivity contribution in [2.45, 2.75) is 24.6 Å².